The maximum absolute atomic E-state index is 11.5. The van der Waals surface area contributed by atoms with E-state index in [1.54, 1.807) is 0 Å². The van der Waals surface area contributed by atoms with Gasteiger partial charge in [0, 0.05) is 6.42 Å². The van der Waals surface area contributed by atoms with Gasteiger partial charge in [0.25, 0.3) is 0 Å². The number of hydrogen-bond donors (Lipinski definition) is 1. The molecule has 1 rings (SSSR count). The van der Waals surface area contributed by atoms with Crippen molar-refractivity contribution in [1.82, 2.24) is 5.43 Å². The maximum atomic E-state index is 11.5. The predicted molar refractivity (Wildman–Crippen MR) is 78.4 cm³/mol. The van der Waals surface area contributed by atoms with E-state index in [0.29, 0.717) is 6.42 Å². The molecule has 1 amide bonds. The molecule has 1 heterocycles. The van der Waals surface area contributed by atoms with Crippen LogP contribution in [0.25, 0.3) is 0 Å². The molecule has 1 aromatic rings. The fraction of sp³-hybridized carbons (Fsp3) is 0.538. The summed E-state index contributed by atoms with van der Waals surface area (Å²) in [6, 6.07) is 3.73. The van der Waals surface area contributed by atoms with Crippen molar-refractivity contribution in [3.05, 3.63) is 21.3 Å². The largest absolute Gasteiger partial charge is 0.273 e. The first-order valence-electron chi connectivity index (χ1n) is 6.22. The second kappa shape index (κ2) is 8.27. The lowest BCUT2D eigenvalue weighted by molar-refractivity contribution is -0.121. The molecule has 0 aliphatic rings. The zero-order valence-electron chi connectivity index (χ0n) is 10.8. The Kier molecular flexibility index (Phi) is 6.98. The van der Waals surface area contributed by atoms with Gasteiger partial charge in [0.1, 0.15) is 0 Å². The number of hydrazone groups is 1. The first kappa shape index (κ1) is 15.2. The van der Waals surface area contributed by atoms with Crippen molar-refractivity contribution < 1.29 is 4.79 Å². The van der Waals surface area contributed by atoms with Gasteiger partial charge in [-0.2, -0.15) is 5.10 Å². The fourth-order valence-corrected chi connectivity index (χ4v) is 2.47. The van der Waals surface area contributed by atoms with Gasteiger partial charge in [-0.15, -0.1) is 11.3 Å². The van der Waals surface area contributed by atoms with Gasteiger partial charge in [-0.05, 0) is 25.5 Å². The Morgan fingerprint density at radius 3 is 2.78 bits per heavy atom. The van der Waals surface area contributed by atoms with Gasteiger partial charge in [-0.25, -0.2) is 5.43 Å². The number of rotatable bonds is 7. The van der Waals surface area contributed by atoms with Crippen LogP contribution in [0.5, 0.6) is 0 Å². The van der Waals surface area contributed by atoms with Gasteiger partial charge < -0.3 is 0 Å². The number of halogens is 1. The molecular formula is C13H19ClN2OS. The van der Waals surface area contributed by atoms with Crippen molar-refractivity contribution in [3.63, 3.8) is 0 Å². The zero-order valence-corrected chi connectivity index (χ0v) is 12.4. The van der Waals surface area contributed by atoms with E-state index in [0.717, 1.165) is 27.8 Å². The van der Waals surface area contributed by atoms with E-state index >= 15 is 0 Å². The Morgan fingerprint density at radius 1 is 1.39 bits per heavy atom. The second-order valence-corrected chi connectivity index (χ2v) is 5.86. The second-order valence-electron chi connectivity index (χ2n) is 4.15. The summed E-state index contributed by atoms with van der Waals surface area (Å²) in [4.78, 5) is 12.5. The Hall–Kier alpha value is -0.870. The average molecular weight is 287 g/mol. The van der Waals surface area contributed by atoms with Crippen molar-refractivity contribution in [2.45, 2.75) is 46.0 Å². The summed E-state index contributed by atoms with van der Waals surface area (Å²) in [6.45, 7) is 4.01. The molecule has 0 radical (unpaired) electrons. The predicted octanol–water partition coefficient (Wildman–Crippen LogP) is 4.21. The topological polar surface area (TPSA) is 41.5 Å². The van der Waals surface area contributed by atoms with Crippen molar-refractivity contribution in [3.8, 4) is 0 Å². The lowest BCUT2D eigenvalue weighted by atomic mass is 10.1. The van der Waals surface area contributed by atoms with Crippen LogP contribution in [0.3, 0.4) is 0 Å². The van der Waals surface area contributed by atoms with Crippen molar-refractivity contribution in [1.29, 1.82) is 0 Å². The van der Waals surface area contributed by atoms with E-state index in [4.69, 9.17) is 11.6 Å². The minimum absolute atomic E-state index is 0.0203. The van der Waals surface area contributed by atoms with Gasteiger partial charge in [0.15, 0.2) is 0 Å². The van der Waals surface area contributed by atoms with Crippen LogP contribution in [0, 0.1) is 0 Å². The minimum Gasteiger partial charge on any atom is -0.273 e. The highest BCUT2D eigenvalue weighted by atomic mass is 35.5. The molecule has 0 aliphatic carbocycles. The van der Waals surface area contributed by atoms with Gasteiger partial charge in [0.2, 0.25) is 5.91 Å². The van der Waals surface area contributed by atoms with Crippen LogP contribution >= 0.6 is 22.9 Å². The third-order valence-corrected chi connectivity index (χ3v) is 3.88. The lowest BCUT2D eigenvalue weighted by Crippen LogP contribution is -2.18. The highest BCUT2D eigenvalue weighted by Crippen LogP contribution is 2.21. The average Bonchev–Trinajstić information content (AvgIpc) is 2.78. The van der Waals surface area contributed by atoms with Crippen LogP contribution in [0.4, 0.5) is 0 Å². The highest BCUT2D eigenvalue weighted by Gasteiger charge is 2.03. The van der Waals surface area contributed by atoms with Gasteiger partial charge in [-0.3, -0.25) is 4.79 Å². The van der Waals surface area contributed by atoms with Crippen LogP contribution in [0.15, 0.2) is 17.2 Å². The molecule has 0 unspecified atom stereocenters. The van der Waals surface area contributed by atoms with Gasteiger partial charge >= 0.3 is 0 Å². The molecule has 1 aromatic heterocycles. The number of carbonyl (C=O) groups is 1. The smallest absolute Gasteiger partial charge is 0.240 e. The molecule has 5 heteroatoms. The molecule has 0 aromatic carbocycles. The van der Waals surface area contributed by atoms with E-state index in [1.807, 2.05) is 19.1 Å². The Labute approximate surface area is 117 Å². The summed E-state index contributed by atoms with van der Waals surface area (Å²) in [7, 11) is 0. The molecule has 3 nitrogen and oxygen atoms in total. The summed E-state index contributed by atoms with van der Waals surface area (Å²) in [5, 5.41) is 4.08. The molecule has 0 spiro atoms. The van der Waals surface area contributed by atoms with Crippen LogP contribution in [0.2, 0.25) is 4.34 Å². The van der Waals surface area contributed by atoms with Gasteiger partial charge in [0.05, 0.1) is 14.9 Å². The Balaban J connectivity index is 2.32. The Morgan fingerprint density at radius 2 is 2.17 bits per heavy atom. The van der Waals surface area contributed by atoms with Gasteiger partial charge in [-0.1, -0.05) is 37.8 Å². The number of thiophene rings is 1. The third-order valence-electron chi connectivity index (χ3n) is 2.54. The minimum atomic E-state index is -0.0203. The van der Waals surface area contributed by atoms with E-state index in [2.05, 4.69) is 17.5 Å². The number of hydrogen-bond acceptors (Lipinski definition) is 3. The maximum Gasteiger partial charge on any atom is 0.240 e. The molecule has 1 N–H and O–H groups in total. The summed E-state index contributed by atoms with van der Waals surface area (Å²) in [6.07, 6.45) is 4.94. The van der Waals surface area contributed by atoms with Crippen LogP contribution in [0.1, 0.15) is 50.8 Å². The van der Waals surface area contributed by atoms with E-state index < -0.39 is 0 Å². The van der Waals surface area contributed by atoms with Crippen LogP contribution in [-0.4, -0.2) is 11.6 Å². The first-order chi connectivity index (χ1) is 8.63. The standard InChI is InChI=1S/C13H19ClN2OS/c1-3-4-5-6-7-13(17)16-15-10(2)11-8-9-12(14)18-11/h8-9H,3-7H2,1-2H3,(H,16,17)/b15-10+. The van der Waals surface area contributed by atoms with E-state index in [9.17, 15) is 4.79 Å². The molecular weight excluding hydrogens is 268 g/mol. The summed E-state index contributed by atoms with van der Waals surface area (Å²) in [5.74, 6) is -0.0203. The third kappa shape index (κ3) is 5.65. The number of nitrogens with zero attached hydrogens (tertiary/aromatic N) is 1. The number of nitrogens with one attached hydrogen (secondary N) is 1. The highest BCUT2D eigenvalue weighted by molar-refractivity contribution is 7.18. The zero-order chi connectivity index (χ0) is 13.4. The molecule has 0 saturated heterocycles. The Bertz CT molecular complexity index is 415. The number of unbranched alkanes of at least 4 members (excludes halogenated alkanes) is 3. The monoisotopic (exact) mass is 286 g/mol. The first-order valence-corrected chi connectivity index (χ1v) is 7.41. The van der Waals surface area contributed by atoms with E-state index in [1.165, 1.54) is 24.2 Å². The molecule has 0 bridgehead atoms. The van der Waals surface area contributed by atoms with Crippen LogP contribution < -0.4 is 5.43 Å². The van der Waals surface area contributed by atoms with Crippen molar-refractivity contribution in [2.75, 3.05) is 0 Å². The SMILES string of the molecule is CCCCCCC(=O)N/N=C(\C)c1ccc(Cl)s1. The molecule has 0 aliphatic heterocycles. The molecule has 0 saturated carbocycles. The number of amides is 1. The fourth-order valence-electron chi connectivity index (χ4n) is 1.48. The summed E-state index contributed by atoms with van der Waals surface area (Å²) >= 11 is 7.30. The molecule has 0 fully saturated rings. The van der Waals surface area contributed by atoms with E-state index in [-0.39, 0.29) is 5.91 Å². The lowest BCUT2D eigenvalue weighted by Gasteiger charge is -2.01. The molecule has 0 atom stereocenters. The van der Waals surface area contributed by atoms with Crippen molar-refractivity contribution >= 4 is 34.6 Å². The molecule has 18 heavy (non-hydrogen) atoms. The molecule has 100 valence electrons. The number of carbonyl (C=O) groups excluding carboxylic acids is 1. The van der Waals surface area contributed by atoms with Crippen LogP contribution in [-0.2, 0) is 4.79 Å². The summed E-state index contributed by atoms with van der Waals surface area (Å²) < 4.78 is 0.727. The van der Waals surface area contributed by atoms with Crippen molar-refractivity contribution in [2.24, 2.45) is 5.10 Å². The normalized spacial score (nSPS) is 11.6. The quantitative estimate of drug-likeness (QED) is 0.455. The summed E-state index contributed by atoms with van der Waals surface area (Å²) in [5.41, 5.74) is 3.37.